The van der Waals surface area contributed by atoms with Crippen LogP contribution >= 0.6 is 0 Å². The van der Waals surface area contributed by atoms with Gasteiger partial charge in [0.15, 0.2) is 0 Å². The number of methoxy groups -OCH3 is 1. The lowest BCUT2D eigenvalue weighted by Crippen LogP contribution is -2.54. The highest BCUT2D eigenvalue weighted by atomic mass is 16.5. The summed E-state index contributed by atoms with van der Waals surface area (Å²) >= 11 is 0. The number of nitrogens with zero attached hydrogens (tertiary/aromatic N) is 3. The fraction of sp³-hybridized carbons (Fsp3) is 0.211. The average molecular weight is 382 g/mol. The van der Waals surface area contributed by atoms with Gasteiger partial charge in [-0.05, 0) is 24.3 Å². The highest BCUT2D eigenvalue weighted by Gasteiger charge is 2.44. The molecule has 1 aromatic carbocycles. The minimum atomic E-state index is -1.14. The molecule has 1 saturated heterocycles. The van der Waals surface area contributed by atoms with Gasteiger partial charge in [0.1, 0.15) is 11.8 Å². The van der Waals surface area contributed by atoms with Crippen LogP contribution in [0.5, 0.6) is 5.75 Å². The molecular weight excluding hydrogens is 364 g/mol. The number of amides is 4. The highest BCUT2D eigenvalue weighted by Crippen LogP contribution is 2.28. The Labute approximate surface area is 160 Å². The second kappa shape index (κ2) is 7.87. The van der Waals surface area contributed by atoms with Crippen molar-refractivity contribution < 1.29 is 23.9 Å². The van der Waals surface area contributed by atoms with Crippen molar-refractivity contribution in [2.75, 3.05) is 12.0 Å². The summed E-state index contributed by atoms with van der Waals surface area (Å²) in [6, 6.07) is 8.41. The SMILES string of the molecule is COc1cccc(N2C(=O)CC(N(NC(=O)c3cccnc3)C(C)=O)C2=O)c1. The lowest BCUT2D eigenvalue weighted by molar-refractivity contribution is -0.139. The van der Waals surface area contributed by atoms with E-state index in [2.05, 4.69) is 10.4 Å². The van der Waals surface area contributed by atoms with Crippen molar-refractivity contribution in [3.05, 3.63) is 54.4 Å². The molecule has 2 aromatic rings. The first-order valence-electron chi connectivity index (χ1n) is 8.44. The molecule has 9 heteroatoms. The number of ether oxygens (including phenoxy) is 1. The maximum Gasteiger partial charge on any atom is 0.271 e. The summed E-state index contributed by atoms with van der Waals surface area (Å²) in [5, 5.41) is 0.885. The molecule has 28 heavy (non-hydrogen) atoms. The first-order valence-corrected chi connectivity index (χ1v) is 8.44. The standard InChI is InChI=1S/C19H18N4O5/c1-12(24)23(21-18(26)13-5-4-8-20-11-13)16-10-17(25)22(19(16)27)14-6-3-7-15(9-14)28-2/h3-9,11,16H,10H2,1-2H3,(H,21,26). The van der Waals surface area contributed by atoms with Gasteiger partial charge < -0.3 is 4.74 Å². The van der Waals surface area contributed by atoms with Crippen LogP contribution in [0.25, 0.3) is 0 Å². The van der Waals surface area contributed by atoms with E-state index in [1.54, 1.807) is 30.3 Å². The van der Waals surface area contributed by atoms with Crippen molar-refractivity contribution in [3.63, 3.8) is 0 Å². The molecule has 1 atom stereocenters. The van der Waals surface area contributed by atoms with Crippen molar-refractivity contribution >= 4 is 29.3 Å². The van der Waals surface area contributed by atoms with Crippen LogP contribution in [0.15, 0.2) is 48.8 Å². The molecule has 0 aliphatic carbocycles. The van der Waals surface area contributed by atoms with E-state index in [-0.39, 0.29) is 12.0 Å². The number of carbonyl (C=O) groups is 4. The number of carbonyl (C=O) groups excluding carboxylic acids is 4. The largest absolute Gasteiger partial charge is 0.497 e. The van der Waals surface area contributed by atoms with E-state index < -0.39 is 29.7 Å². The molecule has 1 aromatic heterocycles. The van der Waals surface area contributed by atoms with E-state index in [4.69, 9.17) is 4.74 Å². The molecule has 3 rings (SSSR count). The van der Waals surface area contributed by atoms with Gasteiger partial charge in [0.2, 0.25) is 11.8 Å². The number of benzene rings is 1. The number of nitrogens with one attached hydrogen (secondary N) is 1. The number of anilines is 1. The topological polar surface area (TPSA) is 109 Å². The fourth-order valence-corrected chi connectivity index (χ4v) is 2.89. The number of aromatic nitrogens is 1. The predicted molar refractivity (Wildman–Crippen MR) is 98.1 cm³/mol. The molecular formula is C19H18N4O5. The first kappa shape index (κ1) is 19.0. The zero-order valence-electron chi connectivity index (χ0n) is 15.3. The van der Waals surface area contributed by atoms with E-state index in [1.165, 1.54) is 32.5 Å². The molecule has 4 amide bonds. The third kappa shape index (κ3) is 3.68. The van der Waals surface area contributed by atoms with Crippen LogP contribution in [-0.2, 0) is 14.4 Å². The first-order chi connectivity index (χ1) is 13.4. The molecule has 0 radical (unpaired) electrons. The van der Waals surface area contributed by atoms with Gasteiger partial charge in [-0.2, -0.15) is 0 Å². The van der Waals surface area contributed by atoms with Crippen LogP contribution in [0.4, 0.5) is 5.69 Å². The van der Waals surface area contributed by atoms with E-state index in [0.717, 1.165) is 9.91 Å². The molecule has 1 unspecified atom stereocenters. The Bertz CT molecular complexity index is 931. The summed E-state index contributed by atoms with van der Waals surface area (Å²) in [6.45, 7) is 1.20. The summed E-state index contributed by atoms with van der Waals surface area (Å²) in [4.78, 5) is 54.7. The molecule has 9 nitrogen and oxygen atoms in total. The van der Waals surface area contributed by atoms with Gasteiger partial charge in [-0.25, -0.2) is 9.91 Å². The summed E-state index contributed by atoms with van der Waals surface area (Å²) in [7, 11) is 1.47. The number of hydrogen-bond acceptors (Lipinski definition) is 6. The Balaban J connectivity index is 1.84. The van der Waals surface area contributed by atoms with Gasteiger partial charge in [0.25, 0.3) is 11.8 Å². The van der Waals surface area contributed by atoms with Crippen LogP contribution in [-0.4, -0.2) is 46.8 Å². The van der Waals surface area contributed by atoms with E-state index in [0.29, 0.717) is 11.4 Å². The van der Waals surface area contributed by atoms with Crippen LogP contribution in [0.1, 0.15) is 23.7 Å². The fourth-order valence-electron chi connectivity index (χ4n) is 2.89. The van der Waals surface area contributed by atoms with E-state index in [9.17, 15) is 19.2 Å². The maximum atomic E-state index is 12.9. The van der Waals surface area contributed by atoms with Gasteiger partial charge in [-0.3, -0.25) is 29.6 Å². The summed E-state index contributed by atoms with van der Waals surface area (Å²) in [5.74, 6) is -1.79. The summed E-state index contributed by atoms with van der Waals surface area (Å²) in [5.41, 5.74) is 2.95. The smallest absolute Gasteiger partial charge is 0.271 e. The monoisotopic (exact) mass is 382 g/mol. The number of pyridine rings is 1. The normalized spacial score (nSPS) is 16.1. The zero-order valence-corrected chi connectivity index (χ0v) is 15.3. The van der Waals surface area contributed by atoms with Gasteiger partial charge >= 0.3 is 0 Å². The molecule has 0 spiro atoms. The van der Waals surface area contributed by atoms with Crippen molar-refractivity contribution in [1.29, 1.82) is 0 Å². The molecule has 1 N–H and O–H groups in total. The van der Waals surface area contributed by atoms with E-state index >= 15 is 0 Å². The second-order valence-electron chi connectivity index (χ2n) is 6.06. The molecule has 2 heterocycles. The van der Waals surface area contributed by atoms with Crippen LogP contribution < -0.4 is 15.1 Å². The molecule has 0 saturated carbocycles. The molecule has 1 aliphatic rings. The van der Waals surface area contributed by atoms with Gasteiger partial charge in [-0.15, -0.1) is 0 Å². The van der Waals surface area contributed by atoms with Gasteiger partial charge in [0.05, 0.1) is 24.8 Å². The zero-order chi connectivity index (χ0) is 20.3. The Kier molecular flexibility index (Phi) is 5.35. The second-order valence-corrected chi connectivity index (χ2v) is 6.06. The number of imide groups is 1. The van der Waals surface area contributed by atoms with Crippen molar-refractivity contribution in [3.8, 4) is 5.75 Å². The Morgan fingerprint density at radius 2 is 2.04 bits per heavy atom. The number of hydrogen-bond donors (Lipinski definition) is 1. The third-order valence-corrected chi connectivity index (χ3v) is 4.23. The highest BCUT2D eigenvalue weighted by molar-refractivity contribution is 6.23. The lowest BCUT2D eigenvalue weighted by Gasteiger charge is -2.26. The summed E-state index contributed by atoms with van der Waals surface area (Å²) in [6.07, 6.45) is 2.59. The van der Waals surface area contributed by atoms with Crippen molar-refractivity contribution in [2.24, 2.45) is 0 Å². The van der Waals surface area contributed by atoms with Crippen LogP contribution in [0.3, 0.4) is 0 Å². The van der Waals surface area contributed by atoms with Crippen LogP contribution in [0.2, 0.25) is 0 Å². The molecule has 0 bridgehead atoms. The Morgan fingerprint density at radius 1 is 1.25 bits per heavy atom. The minimum Gasteiger partial charge on any atom is -0.497 e. The number of rotatable bonds is 4. The number of hydrazine groups is 1. The van der Waals surface area contributed by atoms with Gasteiger partial charge in [0, 0.05) is 25.4 Å². The minimum absolute atomic E-state index is 0.218. The predicted octanol–water partition coefficient (Wildman–Crippen LogP) is 0.916. The van der Waals surface area contributed by atoms with E-state index in [1.807, 2.05) is 0 Å². The summed E-state index contributed by atoms with van der Waals surface area (Å²) < 4.78 is 5.12. The quantitative estimate of drug-likeness (QED) is 0.622. The Hall–Kier alpha value is -3.75. The maximum absolute atomic E-state index is 12.9. The van der Waals surface area contributed by atoms with Crippen molar-refractivity contribution in [2.45, 2.75) is 19.4 Å². The lowest BCUT2D eigenvalue weighted by atomic mass is 10.2. The Morgan fingerprint density at radius 3 is 2.68 bits per heavy atom. The van der Waals surface area contributed by atoms with Gasteiger partial charge in [-0.1, -0.05) is 6.07 Å². The molecule has 1 aliphatic heterocycles. The van der Waals surface area contributed by atoms with Crippen LogP contribution in [0, 0.1) is 0 Å². The molecule has 1 fully saturated rings. The molecule has 144 valence electrons. The average Bonchev–Trinajstić information content (AvgIpc) is 3.00. The van der Waals surface area contributed by atoms with Crippen molar-refractivity contribution in [1.82, 2.24) is 15.4 Å². The third-order valence-electron chi connectivity index (χ3n) is 4.23.